The number of aryl methyl sites for hydroxylation is 3. The Kier molecular flexibility index (Phi) is 6.52. The molecule has 1 aliphatic heterocycles. The summed E-state index contributed by atoms with van der Waals surface area (Å²) in [6.45, 7) is 6.03. The number of nitrogens with one attached hydrogen (secondary N) is 1. The Labute approximate surface area is 202 Å². The van der Waals surface area contributed by atoms with Crippen LogP contribution < -0.4 is 15.0 Å². The molecule has 0 atom stereocenters. The number of hydrogen-bond acceptors (Lipinski definition) is 4. The van der Waals surface area contributed by atoms with Gasteiger partial charge in [-0.25, -0.2) is 9.69 Å². The average molecular weight is 475 g/mol. The molecule has 172 valence electrons. The van der Waals surface area contributed by atoms with Gasteiger partial charge < -0.3 is 4.74 Å². The minimum atomic E-state index is -0.779. The number of urea groups is 1. The molecule has 1 aliphatic rings. The summed E-state index contributed by atoms with van der Waals surface area (Å²) in [5.41, 5.74) is 4.59. The summed E-state index contributed by atoms with van der Waals surface area (Å²) < 4.78 is 5.81. The molecule has 0 unspecified atom stereocenters. The first-order valence-electron chi connectivity index (χ1n) is 10.7. The van der Waals surface area contributed by atoms with Crippen molar-refractivity contribution in [1.29, 1.82) is 0 Å². The summed E-state index contributed by atoms with van der Waals surface area (Å²) in [6.07, 6.45) is 1.41. The summed E-state index contributed by atoms with van der Waals surface area (Å²) in [5, 5.41) is 2.59. The van der Waals surface area contributed by atoms with Gasteiger partial charge in [-0.15, -0.1) is 0 Å². The Balaban J connectivity index is 1.58. The molecule has 7 heteroatoms. The molecule has 6 nitrogen and oxygen atoms in total. The zero-order chi connectivity index (χ0) is 24.4. The highest BCUT2D eigenvalue weighted by atomic mass is 35.5. The van der Waals surface area contributed by atoms with Gasteiger partial charge in [-0.3, -0.25) is 14.9 Å². The summed E-state index contributed by atoms with van der Waals surface area (Å²) in [5.74, 6) is -0.971. The van der Waals surface area contributed by atoms with Crippen molar-refractivity contribution in [2.75, 3.05) is 4.90 Å². The van der Waals surface area contributed by atoms with Gasteiger partial charge in [0.05, 0.1) is 10.7 Å². The molecule has 4 rings (SSSR count). The second-order valence-corrected chi connectivity index (χ2v) is 8.62. The number of benzene rings is 3. The van der Waals surface area contributed by atoms with E-state index in [1.807, 2.05) is 50.2 Å². The van der Waals surface area contributed by atoms with Crippen molar-refractivity contribution < 1.29 is 19.1 Å². The molecule has 1 N–H and O–H groups in total. The third kappa shape index (κ3) is 4.87. The van der Waals surface area contributed by atoms with Gasteiger partial charge in [0.15, 0.2) is 0 Å². The maximum atomic E-state index is 13.2. The van der Waals surface area contributed by atoms with Gasteiger partial charge in [0, 0.05) is 0 Å². The predicted octanol–water partition coefficient (Wildman–Crippen LogP) is 5.51. The Morgan fingerprint density at radius 2 is 1.62 bits per heavy atom. The van der Waals surface area contributed by atoms with Crippen LogP contribution in [0.25, 0.3) is 6.08 Å². The van der Waals surface area contributed by atoms with Crippen molar-refractivity contribution >= 4 is 41.2 Å². The highest BCUT2D eigenvalue weighted by molar-refractivity contribution is 6.39. The van der Waals surface area contributed by atoms with Crippen molar-refractivity contribution in [2.45, 2.75) is 27.4 Å². The largest absolute Gasteiger partial charge is 0.487 e. The Morgan fingerprint density at radius 1 is 0.912 bits per heavy atom. The standard InChI is InChI=1S/C27H23ClN2O4/c1-16-5-8-19(9-6-16)15-34-24-11-10-20(14-22(24)28)13-21-25(31)29-27(33)30(26(21)32)23-12-17(2)4-7-18(23)3/h4-14H,15H2,1-3H3,(H,29,31,33)/b21-13+. The zero-order valence-electron chi connectivity index (χ0n) is 19.0. The quantitative estimate of drug-likeness (QED) is 0.390. The molecule has 1 heterocycles. The van der Waals surface area contributed by atoms with E-state index in [0.29, 0.717) is 28.6 Å². The number of ether oxygens (including phenoxy) is 1. The molecule has 34 heavy (non-hydrogen) atoms. The van der Waals surface area contributed by atoms with Gasteiger partial charge >= 0.3 is 6.03 Å². The number of halogens is 1. The number of carbonyl (C=O) groups is 3. The SMILES string of the molecule is Cc1ccc(COc2ccc(/C=C3\C(=O)NC(=O)N(c4cc(C)ccc4C)C3=O)cc2Cl)cc1. The van der Waals surface area contributed by atoms with E-state index in [0.717, 1.165) is 21.6 Å². The molecule has 0 aliphatic carbocycles. The maximum absolute atomic E-state index is 13.2. The Hall–Kier alpha value is -3.90. The van der Waals surface area contributed by atoms with E-state index < -0.39 is 17.8 Å². The van der Waals surface area contributed by atoms with Crippen LogP contribution in [0.4, 0.5) is 10.5 Å². The molecular weight excluding hydrogens is 452 g/mol. The van der Waals surface area contributed by atoms with Crippen molar-refractivity contribution in [3.63, 3.8) is 0 Å². The lowest BCUT2D eigenvalue weighted by Gasteiger charge is -2.27. The summed E-state index contributed by atoms with van der Waals surface area (Å²) in [4.78, 5) is 39.1. The van der Waals surface area contributed by atoms with Gasteiger partial charge in [-0.2, -0.15) is 0 Å². The highest BCUT2D eigenvalue weighted by Gasteiger charge is 2.37. The van der Waals surface area contributed by atoms with Crippen LogP contribution in [-0.4, -0.2) is 17.8 Å². The van der Waals surface area contributed by atoms with Crippen LogP contribution in [0.15, 0.2) is 66.2 Å². The molecule has 1 saturated heterocycles. The molecule has 3 aromatic carbocycles. The average Bonchev–Trinajstić information content (AvgIpc) is 2.79. The molecular formula is C27H23ClN2O4. The second kappa shape index (κ2) is 9.53. The fourth-order valence-corrected chi connectivity index (χ4v) is 3.82. The van der Waals surface area contributed by atoms with Crippen molar-refractivity contribution in [3.05, 3.63) is 99.1 Å². The minimum absolute atomic E-state index is 0.162. The molecule has 3 aromatic rings. The van der Waals surface area contributed by atoms with Gasteiger partial charge in [-0.05, 0) is 67.3 Å². The van der Waals surface area contributed by atoms with Crippen LogP contribution in [0.5, 0.6) is 5.75 Å². The van der Waals surface area contributed by atoms with Crippen LogP contribution in [0.3, 0.4) is 0 Å². The normalized spacial score (nSPS) is 15.0. The van der Waals surface area contributed by atoms with Gasteiger partial charge in [0.1, 0.15) is 17.9 Å². The van der Waals surface area contributed by atoms with Gasteiger partial charge in [-0.1, -0.05) is 59.6 Å². The summed E-state index contributed by atoms with van der Waals surface area (Å²) >= 11 is 6.39. The lowest BCUT2D eigenvalue weighted by atomic mass is 10.0. The monoisotopic (exact) mass is 474 g/mol. The topological polar surface area (TPSA) is 75.7 Å². The molecule has 1 fully saturated rings. The smallest absolute Gasteiger partial charge is 0.335 e. The highest BCUT2D eigenvalue weighted by Crippen LogP contribution is 2.29. The number of hydrogen-bond donors (Lipinski definition) is 1. The molecule has 0 bridgehead atoms. The third-order valence-corrected chi connectivity index (χ3v) is 5.78. The molecule has 4 amide bonds. The van der Waals surface area contributed by atoms with E-state index in [4.69, 9.17) is 16.3 Å². The number of anilines is 1. The number of imide groups is 2. The summed E-state index contributed by atoms with van der Waals surface area (Å²) in [7, 11) is 0. The van der Waals surface area contributed by atoms with Crippen LogP contribution >= 0.6 is 11.6 Å². The van der Waals surface area contributed by atoms with Gasteiger partial charge in [0.25, 0.3) is 11.8 Å². The maximum Gasteiger partial charge on any atom is 0.335 e. The van der Waals surface area contributed by atoms with E-state index in [1.165, 1.54) is 11.6 Å². The lowest BCUT2D eigenvalue weighted by molar-refractivity contribution is -0.122. The van der Waals surface area contributed by atoms with E-state index >= 15 is 0 Å². The molecule has 0 saturated carbocycles. The first-order chi connectivity index (χ1) is 16.2. The second-order valence-electron chi connectivity index (χ2n) is 8.21. The lowest BCUT2D eigenvalue weighted by Crippen LogP contribution is -2.54. The number of nitrogens with zero attached hydrogens (tertiary/aromatic N) is 1. The van der Waals surface area contributed by atoms with Crippen LogP contribution in [0, 0.1) is 20.8 Å². The molecule has 0 radical (unpaired) electrons. The fraction of sp³-hybridized carbons (Fsp3) is 0.148. The van der Waals surface area contributed by atoms with E-state index in [1.54, 1.807) is 31.2 Å². The van der Waals surface area contributed by atoms with E-state index in [2.05, 4.69) is 5.32 Å². The molecule has 0 spiro atoms. The number of carbonyl (C=O) groups excluding carboxylic acids is 3. The Bertz CT molecular complexity index is 1330. The van der Waals surface area contributed by atoms with Crippen LogP contribution in [-0.2, 0) is 16.2 Å². The number of rotatable bonds is 5. The third-order valence-electron chi connectivity index (χ3n) is 5.49. The van der Waals surface area contributed by atoms with E-state index in [9.17, 15) is 14.4 Å². The van der Waals surface area contributed by atoms with Gasteiger partial charge in [0.2, 0.25) is 0 Å². The van der Waals surface area contributed by atoms with Crippen molar-refractivity contribution in [1.82, 2.24) is 5.32 Å². The van der Waals surface area contributed by atoms with Crippen molar-refractivity contribution in [3.8, 4) is 5.75 Å². The first-order valence-corrected chi connectivity index (χ1v) is 11.1. The summed E-state index contributed by atoms with van der Waals surface area (Å²) in [6, 6.07) is 17.6. The number of amides is 4. The van der Waals surface area contributed by atoms with Crippen LogP contribution in [0.2, 0.25) is 5.02 Å². The van der Waals surface area contributed by atoms with Crippen LogP contribution in [0.1, 0.15) is 27.8 Å². The minimum Gasteiger partial charge on any atom is -0.487 e. The zero-order valence-corrected chi connectivity index (χ0v) is 19.8. The molecule has 0 aromatic heterocycles. The van der Waals surface area contributed by atoms with Crippen molar-refractivity contribution in [2.24, 2.45) is 0 Å². The first kappa shape index (κ1) is 23.3. The fourth-order valence-electron chi connectivity index (χ4n) is 3.57. The number of barbiturate groups is 1. The Morgan fingerprint density at radius 3 is 2.32 bits per heavy atom. The van der Waals surface area contributed by atoms with E-state index in [-0.39, 0.29) is 5.57 Å². The predicted molar refractivity (Wildman–Crippen MR) is 132 cm³/mol.